The molecule has 1 aliphatic rings. The van der Waals surface area contributed by atoms with Crippen LogP contribution < -0.4 is 10.9 Å². The predicted octanol–water partition coefficient (Wildman–Crippen LogP) is 2.20. The molecule has 9 nitrogen and oxygen atoms in total. The highest BCUT2D eigenvalue weighted by Gasteiger charge is 2.29. The monoisotopic (exact) mass is 447 g/mol. The topological polar surface area (TPSA) is 117 Å². The maximum absolute atomic E-state index is 12.8. The lowest BCUT2D eigenvalue weighted by Crippen LogP contribution is -2.50. The van der Waals surface area contributed by atoms with Crippen molar-refractivity contribution < 1.29 is 19.5 Å². The van der Waals surface area contributed by atoms with Crippen molar-refractivity contribution in [3.8, 4) is 11.4 Å². The van der Waals surface area contributed by atoms with E-state index in [1.807, 2.05) is 37.3 Å². The van der Waals surface area contributed by atoms with Gasteiger partial charge in [0, 0.05) is 18.7 Å². The summed E-state index contributed by atoms with van der Waals surface area (Å²) in [5.74, 6) is -2.01. The fraction of sp³-hybridized carbons (Fsp3) is 0.250. The maximum Gasteiger partial charge on any atom is 0.294 e. The summed E-state index contributed by atoms with van der Waals surface area (Å²) < 4.78 is 1.38. The summed E-state index contributed by atoms with van der Waals surface area (Å²) in [5.41, 5.74) is 6.82. The van der Waals surface area contributed by atoms with E-state index in [4.69, 9.17) is 0 Å². The Balaban J connectivity index is 1.35. The van der Waals surface area contributed by atoms with Gasteiger partial charge in [-0.3, -0.25) is 25.2 Å². The second kappa shape index (κ2) is 9.56. The zero-order valence-corrected chi connectivity index (χ0v) is 18.2. The molecule has 9 heteroatoms. The van der Waals surface area contributed by atoms with Crippen LogP contribution in [0.5, 0.6) is 5.75 Å². The Labute approximate surface area is 191 Å². The second-order valence-electron chi connectivity index (χ2n) is 8.04. The second-order valence-corrected chi connectivity index (χ2v) is 8.04. The predicted molar refractivity (Wildman–Crippen MR) is 121 cm³/mol. The summed E-state index contributed by atoms with van der Waals surface area (Å²) in [5, 5.41) is 14.2. The van der Waals surface area contributed by atoms with Crippen molar-refractivity contribution >= 4 is 17.7 Å². The number of likely N-dealkylation sites (tertiary alicyclic amines) is 1. The molecule has 3 amide bonds. The molecule has 0 spiro atoms. The Bertz CT molecular complexity index is 1160. The first kappa shape index (κ1) is 22.1. The van der Waals surface area contributed by atoms with Crippen molar-refractivity contribution in [2.75, 3.05) is 13.1 Å². The van der Waals surface area contributed by atoms with Crippen molar-refractivity contribution in [3.05, 3.63) is 77.6 Å². The molecular weight excluding hydrogens is 422 g/mol. The minimum absolute atomic E-state index is 0.118. The summed E-state index contributed by atoms with van der Waals surface area (Å²) in [6.07, 6.45) is 2.61. The highest BCUT2D eigenvalue weighted by molar-refractivity contribution is 5.96. The van der Waals surface area contributed by atoms with Crippen molar-refractivity contribution in [2.24, 2.45) is 5.92 Å². The van der Waals surface area contributed by atoms with Crippen LogP contribution in [0.1, 0.15) is 39.3 Å². The minimum Gasteiger partial charge on any atom is -0.504 e. The van der Waals surface area contributed by atoms with Gasteiger partial charge in [0.05, 0.1) is 17.8 Å². The Morgan fingerprint density at radius 1 is 1.03 bits per heavy atom. The van der Waals surface area contributed by atoms with E-state index in [-0.39, 0.29) is 23.9 Å². The third-order valence-electron chi connectivity index (χ3n) is 5.61. The fourth-order valence-electron chi connectivity index (χ4n) is 3.77. The lowest BCUT2D eigenvalue weighted by molar-refractivity contribution is -0.127. The lowest BCUT2D eigenvalue weighted by atomic mass is 9.96. The van der Waals surface area contributed by atoms with Crippen molar-refractivity contribution in [3.63, 3.8) is 0 Å². The molecule has 3 aromatic rings. The van der Waals surface area contributed by atoms with E-state index in [0.717, 1.165) is 5.56 Å². The summed E-state index contributed by atoms with van der Waals surface area (Å²) >= 11 is 0. The van der Waals surface area contributed by atoms with Gasteiger partial charge in [0.15, 0.2) is 11.4 Å². The molecule has 1 aliphatic heterocycles. The van der Waals surface area contributed by atoms with Gasteiger partial charge in [-0.15, -0.1) is 0 Å². The van der Waals surface area contributed by atoms with Gasteiger partial charge in [-0.25, -0.2) is 4.68 Å². The Morgan fingerprint density at radius 3 is 2.48 bits per heavy atom. The molecule has 0 saturated carbocycles. The SMILES string of the molecule is Cc1ccc(C(=O)N2CCCC(C(=O)NNC(=O)c3nn(-c4ccccc4)cc3O)C2)cc1. The van der Waals surface area contributed by atoms with Gasteiger partial charge in [-0.2, -0.15) is 5.10 Å². The molecule has 0 bridgehead atoms. The van der Waals surface area contributed by atoms with Gasteiger partial charge >= 0.3 is 0 Å². The van der Waals surface area contributed by atoms with Crippen LogP contribution in [0.2, 0.25) is 0 Å². The molecule has 1 fully saturated rings. The van der Waals surface area contributed by atoms with E-state index in [2.05, 4.69) is 16.0 Å². The molecule has 2 aromatic carbocycles. The molecular formula is C24H25N5O4. The normalized spacial score (nSPS) is 15.7. The number of rotatable bonds is 4. The van der Waals surface area contributed by atoms with Gasteiger partial charge in [-0.05, 0) is 44.0 Å². The lowest BCUT2D eigenvalue weighted by Gasteiger charge is -2.32. The quantitative estimate of drug-likeness (QED) is 0.530. The van der Waals surface area contributed by atoms with Gasteiger partial charge < -0.3 is 10.0 Å². The molecule has 3 N–H and O–H groups in total. The number of aromatic nitrogens is 2. The number of aryl methyl sites for hydroxylation is 1. The van der Waals surface area contributed by atoms with E-state index in [0.29, 0.717) is 30.6 Å². The summed E-state index contributed by atoms with van der Waals surface area (Å²) in [6, 6.07) is 16.3. The van der Waals surface area contributed by atoms with Crippen molar-refractivity contribution in [2.45, 2.75) is 19.8 Å². The standard InChI is InChI=1S/C24H25N5O4/c1-16-9-11-17(12-10-16)24(33)28-13-5-6-18(14-28)22(31)25-26-23(32)21-20(30)15-29(27-21)19-7-3-2-4-8-19/h2-4,7-12,15,18,30H,5-6,13-14H2,1H3,(H,25,31)(H,26,32). The van der Waals surface area contributed by atoms with E-state index >= 15 is 0 Å². The zero-order chi connectivity index (χ0) is 23.4. The zero-order valence-electron chi connectivity index (χ0n) is 18.2. The highest BCUT2D eigenvalue weighted by atomic mass is 16.3. The number of hydrogen-bond acceptors (Lipinski definition) is 5. The first-order valence-electron chi connectivity index (χ1n) is 10.7. The van der Waals surface area contributed by atoms with Crippen LogP contribution in [0.4, 0.5) is 0 Å². The van der Waals surface area contributed by atoms with Crippen molar-refractivity contribution in [1.82, 2.24) is 25.5 Å². The number of para-hydroxylation sites is 1. The summed E-state index contributed by atoms with van der Waals surface area (Å²) in [6.45, 7) is 2.80. The number of aromatic hydroxyl groups is 1. The van der Waals surface area contributed by atoms with Crippen LogP contribution >= 0.6 is 0 Å². The van der Waals surface area contributed by atoms with Crippen LogP contribution in [0, 0.1) is 12.8 Å². The van der Waals surface area contributed by atoms with E-state index in [1.165, 1.54) is 10.9 Å². The molecule has 1 unspecified atom stereocenters. The number of hydrazine groups is 1. The third-order valence-corrected chi connectivity index (χ3v) is 5.61. The number of carbonyl (C=O) groups excluding carboxylic acids is 3. The molecule has 170 valence electrons. The van der Waals surface area contributed by atoms with Crippen LogP contribution in [0.25, 0.3) is 5.69 Å². The maximum atomic E-state index is 12.8. The average Bonchev–Trinajstić information content (AvgIpc) is 3.24. The third kappa shape index (κ3) is 5.03. The number of amides is 3. The summed E-state index contributed by atoms with van der Waals surface area (Å²) in [4.78, 5) is 39.5. The van der Waals surface area contributed by atoms with Gasteiger partial charge in [0.2, 0.25) is 5.91 Å². The van der Waals surface area contributed by atoms with Crippen LogP contribution in [-0.2, 0) is 4.79 Å². The highest BCUT2D eigenvalue weighted by Crippen LogP contribution is 2.20. The molecule has 0 radical (unpaired) electrons. The van der Waals surface area contributed by atoms with E-state index in [1.54, 1.807) is 29.2 Å². The number of benzene rings is 2. The van der Waals surface area contributed by atoms with E-state index in [9.17, 15) is 19.5 Å². The first-order valence-corrected chi connectivity index (χ1v) is 10.7. The van der Waals surface area contributed by atoms with Gasteiger partial charge in [0.1, 0.15) is 0 Å². The average molecular weight is 447 g/mol. The van der Waals surface area contributed by atoms with E-state index < -0.39 is 17.7 Å². The molecule has 33 heavy (non-hydrogen) atoms. The molecule has 1 atom stereocenters. The number of carbonyl (C=O) groups is 3. The van der Waals surface area contributed by atoms with Gasteiger partial charge in [-0.1, -0.05) is 35.9 Å². The smallest absolute Gasteiger partial charge is 0.294 e. The van der Waals surface area contributed by atoms with Crippen molar-refractivity contribution in [1.29, 1.82) is 0 Å². The number of nitrogens with one attached hydrogen (secondary N) is 2. The number of piperidine rings is 1. The minimum atomic E-state index is -0.737. The van der Waals surface area contributed by atoms with Gasteiger partial charge in [0.25, 0.3) is 11.8 Å². The molecule has 4 rings (SSSR count). The summed E-state index contributed by atoms with van der Waals surface area (Å²) in [7, 11) is 0. The van der Waals surface area contributed by atoms with Crippen LogP contribution in [-0.4, -0.2) is 50.6 Å². The van der Waals surface area contributed by atoms with Crippen LogP contribution in [0.15, 0.2) is 60.8 Å². The first-order chi connectivity index (χ1) is 15.9. The molecule has 0 aliphatic carbocycles. The largest absolute Gasteiger partial charge is 0.504 e. The molecule has 1 aromatic heterocycles. The Hall–Kier alpha value is -4.14. The Morgan fingerprint density at radius 2 is 1.76 bits per heavy atom. The number of hydrogen-bond donors (Lipinski definition) is 3. The molecule has 1 saturated heterocycles. The molecule has 2 heterocycles. The Kier molecular flexibility index (Phi) is 6.39. The number of nitrogens with zero attached hydrogens (tertiary/aromatic N) is 3. The fourth-order valence-corrected chi connectivity index (χ4v) is 3.77. The van der Waals surface area contributed by atoms with Crippen LogP contribution in [0.3, 0.4) is 0 Å².